The molecule has 0 atom stereocenters. The lowest BCUT2D eigenvalue weighted by molar-refractivity contribution is -0.115. The fourth-order valence-corrected chi connectivity index (χ4v) is 2.96. The molecule has 1 heterocycles. The Hall–Kier alpha value is -2.02. The molecule has 0 radical (unpaired) electrons. The van der Waals surface area contributed by atoms with Gasteiger partial charge in [-0.05, 0) is 35.4 Å². The standard InChI is InChI=1S/C16H10Cl2N2O/c1-19-8-10-2-4-12(17)16(18)15(10)9-3-5-13-11(6-9)7-14(21)20-13/h2-6H,7-8H2,(H,20,21). The first-order chi connectivity index (χ1) is 10.1. The number of anilines is 1. The number of nitrogens with one attached hydrogen (secondary N) is 1. The van der Waals surface area contributed by atoms with E-state index in [1.807, 2.05) is 24.3 Å². The number of amides is 1. The number of hydrogen-bond acceptors (Lipinski definition) is 1. The van der Waals surface area contributed by atoms with Crippen molar-refractivity contribution in [2.75, 3.05) is 5.32 Å². The molecule has 0 aliphatic carbocycles. The molecule has 1 aliphatic rings. The molecule has 0 unspecified atom stereocenters. The highest BCUT2D eigenvalue weighted by Gasteiger charge is 2.20. The Morgan fingerprint density at radius 2 is 2.05 bits per heavy atom. The summed E-state index contributed by atoms with van der Waals surface area (Å²) in [5.41, 5.74) is 4.23. The summed E-state index contributed by atoms with van der Waals surface area (Å²) in [6.45, 7) is 7.30. The highest BCUT2D eigenvalue weighted by atomic mass is 35.5. The van der Waals surface area contributed by atoms with E-state index in [0.29, 0.717) is 16.5 Å². The van der Waals surface area contributed by atoms with Gasteiger partial charge in [-0.3, -0.25) is 4.79 Å². The van der Waals surface area contributed by atoms with Crippen LogP contribution in [0.4, 0.5) is 5.69 Å². The third kappa shape index (κ3) is 2.49. The highest BCUT2D eigenvalue weighted by molar-refractivity contribution is 6.43. The van der Waals surface area contributed by atoms with E-state index in [1.165, 1.54) is 0 Å². The summed E-state index contributed by atoms with van der Waals surface area (Å²) in [6.07, 6.45) is 0.361. The summed E-state index contributed by atoms with van der Waals surface area (Å²) < 4.78 is 0. The lowest BCUT2D eigenvalue weighted by Crippen LogP contribution is -2.03. The van der Waals surface area contributed by atoms with Crippen LogP contribution in [0.1, 0.15) is 11.1 Å². The van der Waals surface area contributed by atoms with Gasteiger partial charge in [0.25, 0.3) is 0 Å². The van der Waals surface area contributed by atoms with Crippen LogP contribution in [-0.4, -0.2) is 5.91 Å². The Bertz CT molecular complexity index is 794. The van der Waals surface area contributed by atoms with Crippen LogP contribution in [0.15, 0.2) is 30.3 Å². The molecule has 1 aliphatic heterocycles. The quantitative estimate of drug-likeness (QED) is 0.809. The average Bonchev–Trinajstić information content (AvgIpc) is 2.82. The Morgan fingerprint density at radius 1 is 1.24 bits per heavy atom. The van der Waals surface area contributed by atoms with E-state index in [1.54, 1.807) is 6.07 Å². The number of carbonyl (C=O) groups excluding carboxylic acids is 1. The predicted molar refractivity (Wildman–Crippen MR) is 84.5 cm³/mol. The number of fused-ring (bicyclic) bond motifs is 1. The van der Waals surface area contributed by atoms with Crippen molar-refractivity contribution in [1.29, 1.82) is 0 Å². The van der Waals surface area contributed by atoms with Gasteiger partial charge >= 0.3 is 0 Å². The molecule has 2 aromatic rings. The second kappa shape index (κ2) is 5.40. The normalized spacial score (nSPS) is 12.7. The maximum absolute atomic E-state index is 11.4. The van der Waals surface area contributed by atoms with Gasteiger partial charge < -0.3 is 10.2 Å². The van der Waals surface area contributed by atoms with Gasteiger partial charge in [0.15, 0.2) is 0 Å². The zero-order chi connectivity index (χ0) is 15.0. The van der Waals surface area contributed by atoms with E-state index in [2.05, 4.69) is 10.2 Å². The molecular formula is C16H10Cl2N2O. The first-order valence-corrected chi connectivity index (χ1v) is 7.09. The van der Waals surface area contributed by atoms with Gasteiger partial charge in [0.2, 0.25) is 12.5 Å². The van der Waals surface area contributed by atoms with Crippen molar-refractivity contribution in [3.8, 4) is 11.1 Å². The smallest absolute Gasteiger partial charge is 0.240 e. The second-order valence-corrected chi connectivity index (χ2v) is 5.59. The zero-order valence-corrected chi connectivity index (χ0v) is 12.4. The maximum Gasteiger partial charge on any atom is 0.240 e. The van der Waals surface area contributed by atoms with Crippen LogP contribution < -0.4 is 5.32 Å². The first-order valence-electron chi connectivity index (χ1n) is 6.33. The highest BCUT2D eigenvalue weighted by Crippen LogP contribution is 2.39. The summed E-state index contributed by atoms with van der Waals surface area (Å²) in [7, 11) is 0. The van der Waals surface area contributed by atoms with E-state index in [9.17, 15) is 4.79 Å². The maximum atomic E-state index is 11.4. The first kappa shape index (κ1) is 13.9. The molecule has 1 N–H and O–H groups in total. The zero-order valence-electron chi connectivity index (χ0n) is 10.9. The molecular weight excluding hydrogens is 307 g/mol. The molecule has 2 aromatic carbocycles. The number of hydrogen-bond donors (Lipinski definition) is 1. The van der Waals surface area contributed by atoms with E-state index < -0.39 is 0 Å². The molecule has 3 rings (SSSR count). The lowest BCUT2D eigenvalue weighted by atomic mass is 9.97. The third-order valence-corrected chi connectivity index (χ3v) is 4.25. The van der Waals surface area contributed by atoms with Gasteiger partial charge in [-0.25, -0.2) is 6.57 Å². The summed E-state index contributed by atoms with van der Waals surface area (Å²) in [5.74, 6) is -0.0132. The van der Waals surface area contributed by atoms with Crippen molar-refractivity contribution in [2.45, 2.75) is 13.0 Å². The molecule has 3 nitrogen and oxygen atoms in total. The second-order valence-electron chi connectivity index (χ2n) is 4.81. The summed E-state index contributed by atoms with van der Waals surface area (Å²) in [5, 5.41) is 3.69. The van der Waals surface area contributed by atoms with Gasteiger partial charge in [0.1, 0.15) is 0 Å². The van der Waals surface area contributed by atoms with Crippen LogP contribution in [0.2, 0.25) is 10.0 Å². The third-order valence-electron chi connectivity index (χ3n) is 3.45. The number of halogens is 2. The fourth-order valence-electron chi connectivity index (χ4n) is 2.50. The minimum atomic E-state index is -0.0132. The number of rotatable bonds is 2. The Balaban J connectivity index is 2.17. The monoisotopic (exact) mass is 316 g/mol. The molecule has 5 heteroatoms. The number of benzene rings is 2. The average molecular weight is 317 g/mol. The minimum Gasteiger partial charge on any atom is -0.326 e. The summed E-state index contributed by atoms with van der Waals surface area (Å²) in [4.78, 5) is 14.9. The van der Waals surface area contributed by atoms with Crippen molar-refractivity contribution < 1.29 is 4.79 Å². The molecule has 0 fully saturated rings. The van der Waals surface area contributed by atoms with E-state index in [0.717, 1.165) is 27.9 Å². The van der Waals surface area contributed by atoms with E-state index in [4.69, 9.17) is 29.8 Å². The van der Waals surface area contributed by atoms with Gasteiger partial charge in [-0.2, -0.15) is 0 Å². The van der Waals surface area contributed by atoms with Crippen LogP contribution in [0, 0.1) is 6.57 Å². The van der Waals surface area contributed by atoms with Gasteiger partial charge in [-0.1, -0.05) is 29.3 Å². The van der Waals surface area contributed by atoms with Crippen molar-refractivity contribution in [3.63, 3.8) is 0 Å². The molecule has 0 spiro atoms. The van der Waals surface area contributed by atoms with Crippen LogP contribution in [-0.2, 0) is 17.8 Å². The molecule has 0 aromatic heterocycles. The Morgan fingerprint density at radius 3 is 2.81 bits per heavy atom. The van der Waals surface area contributed by atoms with E-state index >= 15 is 0 Å². The summed E-state index contributed by atoms with van der Waals surface area (Å²) in [6, 6.07) is 9.19. The van der Waals surface area contributed by atoms with Gasteiger partial charge in [0, 0.05) is 16.8 Å². The SMILES string of the molecule is [C-]#[N+]Cc1ccc(Cl)c(Cl)c1-c1ccc2c(c1)CC(=O)N2. The molecule has 104 valence electrons. The molecule has 1 amide bonds. The summed E-state index contributed by atoms with van der Waals surface area (Å²) >= 11 is 12.4. The Labute approximate surface area is 132 Å². The lowest BCUT2D eigenvalue weighted by Gasteiger charge is -2.11. The number of carbonyl (C=O) groups is 1. The molecule has 0 saturated carbocycles. The topological polar surface area (TPSA) is 33.5 Å². The van der Waals surface area contributed by atoms with Gasteiger partial charge in [0.05, 0.1) is 16.5 Å². The van der Waals surface area contributed by atoms with Crippen molar-refractivity contribution in [2.24, 2.45) is 0 Å². The largest absolute Gasteiger partial charge is 0.326 e. The molecule has 0 bridgehead atoms. The molecule has 0 saturated heterocycles. The predicted octanol–water partition coefficient (Wildman–Crippen LogP) is 4.57. The molecule has 21 heavy (non-hydrogen) atoms. The van der Waals surface area contributed by atoms with Gasteiger partial charge in [-0.15, -0.1) is 0 Å². The number of nitrogens with zero attached hydrogens (tertiary/aromatic N) is 1. The van der Waals surface area contributed by atoms with Crippen molar-refractivity contribution in [3.05, 3.63) is 62.9 Å². The van der Waals surface area contributed by atoms with Crippen LogP contribution >= 0.6 is 23.2 Å². The van der Waals surface area contributed by atoms with Crippen molar-refractivity contribution in [1.82, 2.24) is 0 Å². The fraction of sp³-hybridized carbons (Fsp3) is 0.125. The van der Waals surface area contributed by atoms with Crippen LogP contribution in [0.25, 0.3) is 16.0 Å². The van der Waals surface area contributed by atoms with Crippen LogP contribution in [0.3, 0.4) is 0 Å². The van der Waals surface area contributed by atoms with Crippen LogP contribution in [0.5, 0.6) is 0 Å². The van der Waals surface area contributed by atoms with Crippen molar-refractivity contribution >= 4 is 34.8 Å². The van der Waals surface area contributed by atoms with E-state index in [-0.39, 0.29) is 12.5 Å². The minimum absolute atomic E-state index is 0.0132. The Kier molecular flexibility index (Phi) is 3.59.